The topological polar surface area (TPSA) is 52.9 Å². The van der Waals surface area contributed by atoms with Crippen LogP contribution >= 0.6 is 0 Å². The zero-order valence-electron chi connectivity index (χ0n) is 13.1. The molecule has 1 saturated carbocycles. The van der Waals surface area contributed by atoms with E-state index in [4.69, 9.17) is 4.74 Å². The summed E-state index contributed by atoms with van der Waals surface area (Å²) in [5, 5.41) is 21.4. The zero-order valence-corrected chi connectivity index (χ0v) is 13.1. The van der Waals surface area contributed by atoms with Gasteiger partial charge < -0.3 is 19.8 Å². The van der Waals surface area contributed by atoms with Crippen molar-refractivity contribution in [2.24, 2.45) is 11.3 Å². The highest BCUT2D eigenvalue weighted by Gasteiger charge is 2.66. The summed E-state index contributed by atoms with van der Waals surface area (Å²) in [5.41, 5.74) is 1.49. The molecule has 5 rings (SSSR count). The molecule has 2 fully saturated rings. The van der Waals surface area contributed by atoms with Crippen molar-refractivity contribution in [1.82, 2.24) is 4.90 Å². The second-order valence-electron chi connectivity index (χ2n) is 7.89. The van der Waals surface area contributed by atoms with Gasteiger partial charge in [0, 0.05) is 29.4 Å². The predicted octanol–water partition coefficient (Wildman–Crippen LogP) is 1.36. The molecule has 2 bridgehead atoms. The maximum atomic E-state index is 10.8. The average Bonchev–Trinajstić information content (AvgIpc) is 2.83. The molecule has 118 valence electrons. The Bertz CT molecular complexity index is 647. The van der Waals surface area contributed by atoms with Crippen LogP contribution in [0.1, 0.15) is 26.2 Å². The van der Waals surface area contributed by atoms with Gasteiger partial charge in [-0.05, 0) is 38.9 Å². The summed E-state index contributed by atoms with van der Waals surface area (Å²) in [6.07, 6.45) is 8.12. The fourth-order valence-electron chi connectivity index (χ4n) is 5.64. The maximum absolute atomic E-state index is 10.8. The molecule has 2 N–H and O–H groups in total. The van der Waals surface area contributed by atoms with Crippen molar-refractivity contribution in [2.45, 2.75) is 50.0 Å². The average molecular weight is 301 g/mol. The van der Waals surface area contributed by atoms with Gasteiger partial charge in [0.15, 0.2) is 0 Å². The Kier molecular flexibility index (Phi) is 2.34. The van der Waals surface area contributed by atoms with Crippen molar-refractivity contribution in [3.05, 3.63) is 35.1 Å². The van der Waals surface area contributed by atoms with Crippen molar-refractivity contribution >= 4 is 0 Å². The van der Waals surface area contributed by atoms with E-state index in [-0.39, 0.29) is 11.5 Å². The number of ether oxygens (including phenoxy) is 1. The standard InChI is InChI=1S/C18H23NO3/c1-17(21)6-5-10-9-12-11-3-4-13(20)15-18(11,7-8-19(12)2)14(10)16(17)22-15/h3-5,11-13,15,20-21H,6-9H2,1-2H3/t11-,12+,13-,15-,17?,18-/m0/s1. The minimum absolute atomic E-state index is 0.144. The Morgan fingerprint density at radius 1 is 1.36 bits per heavy atom. The molecule has 6 atom stereocenters. The van der Waals surface area contributed by atoms with Crippen molar-refractivity contribution in [3.8, 4) is 0 Å². The molecule has 0 radical (unpaired) electrons. The van der Waals surface area contributed by atoms with Gasteiger partial charge in [-0.1, -0.05) is 18.2 Å². The van der Waals surface area contributed by atoms with Crippen molar-refractivity contribution in [1.29, 1.82) is 0 Å². The van der Waals surface area contributed by atoms with E-state index in [1.807, 2.05) is 13.0 Å². The van der Waals surface area contributed by atoms with E-state index < -0.39 is 11.7 Å². The van der Waals surface area contributed by atoms with Gasteiger partial charge >= 0.3 is 0 Å². The van der Waals surface area contributed by atoms with Crippen LogP contribution in [0.4, 0.5) is 0 Å². The summed E-state index contributed by atoms with van der Waals surface area (Å²) >= 11 is 0. The lowest BCUT2D eigenvalue weighted by atomic mass is 9.51. The van der Waals surface area contributed by atoms with Crippen LogP contribution in [0, 0.1) is 11.3 Å². The first kappa shape index (κ1) is 13.3. The van der Waals surface area contributed by atoms with Crippen molar-refractivity contribution < 1.29 is 14.9 Å². The van der Waals surface area contributed by atoms with Crippen LogP contribution < -0.4 is 0 Å². The van der Waals surface area contributed by atoms with Crippen LogP contribution in [0.3, 0.4) is 0 Å². The molecule has 22 heavy (non-hydrogen) atoms. The van der Waals surface area contributed by atoms with Crippen LogP contribution in [0.2, 0.25) is 0 Å². The predicted molar refractivity (Wildman–Crippen MR) is 81.9 cm³/mol. The Hall–Kier alpha value is -1.10. The molecule has 1 spiro atoms. The normalized spacial score (nSPS) is 52.3. The molecule has 0 aromatic carbocycles. The quantitative estimate of drug-likeness (QED) is 0.664. The number of piperidine rings is 1. The molecule has 3 aliphatic carbocycles. The number of hydrogen-bond donors (Lipinski definition) is 2. The summed E-state index contributed by atoms with van der Waals surface area (Å²) in [7, 11) is 2.20. The monoisotopic (exact) mass is 301 g/mol. The first-order chi connectivity index (χ1) is 10.4. The third-order valence-corrected chi connectivity index (χ3v) is 6.71. The highest BCUT2D eigenvalue weighted by molar-refractivity contribution is 5.54. The SMILES string of the molecule is CN1CC[C@]23C4=C5O[C@H]2[C@@H](O)C=C[C@H]3[C@H]1CC4=CCC5(C)O. The van der Waals surface area contributed by atoms with Crippen molar-refractivity contribution in [3.63, 3.8) is 0 Å². The van der Waals surface area contributed by atoms with E-state index in [1.54, 1.807) is 0 Å². The molecule has 0 aromatic rings. The first-order valence-electron chi connectivity index (χ1n) is 8.35. The fourth-order valence-corrected chi connectivity index (χ4v) is 5.64. The summed E-state index contributed by atoms with van der Waals surface area (Å²) < 4.78 is 6.26. The largest absolute Gasteiger partial charge is 0.487 e. The first-order valence-corrected chi connectivity index (χ1v) is 8.35. The van der Waals surface area contributed by atoms with E-state index >= 15 is 0 Å². The fraction of sp³-hybridized carbons (Fsp3) is 0.667. The highest BCUT2D eigenvalue weighted by Crippen LogP contribution is 2.65. The zero-order chi connectivity index (χ0) is 15.3. The van der Waals surface area contributed by atoms with Crippen LogP contribution in [-0.2, 0) is 4.74 Å². The Balaban J connectivity index is 1.78. The lowest BCUT2D eigenvalue weighted by Gasteiger charge is -2.58. The lowest BCUT2D eigenvalue weighted by Crippen LogP contribution is -2.62. The second-order valence-corrected chi connectivity index (χ2v) is 7.89. The number of rotatable bonds is 0. The lowest BCUT2D eigenvalue weighted by molar-refractivity contribution is -0.101. The Labute approximate surface area is 130 Å². The molecule has 2 heterocycles. The van der Waals surface area contributed by atoms with E-state index in [9.17, 15) is 10.2 Å². The maximum Gasteiger partial charge on any atom is 0.138 e. The summed E-state index contributed by atoms with van der Waals surface area (Å²) in [4.78, 5) is 2.46. The van der Waals surface area contributed by atoms with E-state index in [1.165, 1.54) is 11.1 Å². The van der Waals surface area contributed by atoms with Crippen LogP contribution in [-0.4, -0.2) is 52.6 Å². The van der Waals surface area contributed by atoms with Crippen LogP contribution in [0.15, 0.2) is 35.1 Å². The molecular weight excluding hydrogens is 278 g/mol. The highest BCUT2D eigenvalue weighted by atomic mass is 16.5. The van der Waals surface area contributed by atoms with E-state index in [0.29, 0.717) is 18.4 Å². The van der Waals surface area contributed by atoms with E-state index in [0.717, 1.165) is 25.1 Å². The van der Waals surface area contributed by atoms with Gasteiger partial charge in [-0.25, -0.2) is 0 Å². The van der Waals surface area contributed by atoms with Gasteiger partial charge in [-0.15, -0.1) is 0 Å². The number of hydrogen-bond acceptors (Lipinski definition) is 4. The molecule has 1 unspecified atom stereocenters. The van der Waals surface area contributed by atoms with Gasteiger partial charge in [0.2, 0.25) is 0 Å². The Morgan fingerprint density at radius 2 is 2.18 bits per heavy atom. The van der Waals surface area contributed by atoms with Gasteiger partial charge in [0.25, 0.3) is 0 Å². The van der Waals surface area contributed by atoms with Gasteiger partial charge in [0.1, 0.15) is 23.6 Å². The minimum Gasteiger partial charge on any atom is -0.487 e. The molecule has 0 aromatic heterocycles. The molecule has 1 saturated heterocycles. The number of likely N-dealkylation sites (tertiary alicyclic amines) is 1. The number of aliphatic hydroxyl groups excluding tert-OH is 1. The van der Waals surface area contributed by atoms with Gasteiger partial charge in [-0.3, -0.25) is 0 Å². The third-order valence-electron chi connectivity index (χ3n) is 6.71. The van der Waals surface area contributed by atoms with Crippen LogP contribution in [0.5, 0.6) is 0 Å². The third kappa shape index (κ3) is 1.31. The van der Waals surface area contributed by atoms with E-state index in [2.05, 4.69) is 24.1 Å². The summed E-state index contributed by atoms with van der Waals surface area (Å²) in [6.45, 7) is 2.86. The molecule has 2 aliphatic heterocycles. The van der Waals surface area contributed by atoms with Crippen molar-refractivity contribution in [2.75, 3.05) is 13.6 Å². The second kappa shape index (κ2) is 3.86. The summed E-state index contributed by atoms with van der Waals surface area (Å²) in [5.74, 6) is 1.11. The molecule has 0 amide bonds. The molecule has 4 nitrogen and oxygen atoms in total. The smallest absolute Gasteiger partial charge is 0.138 e. The number of aliphatic hydroxyl groups is 2. The Morgan fingerprint density at radius 3 is 3.00 bits per heavy atom. The van der Waals surface area contributed by atoms with Crippen LogP contribution in [0.25, 0.3) is 0 Å². The summed E-state index contributed by atoms with van der Waals surface area (Å²) in [6, 6.07) is 0.473. The number of nitrogens with zero attached hydrogens (tertiary/aromatic N) is 1. The molecule has 5 aliphatic rings. The van der Waals surface area contributed by atoms with Gasteiger partial charge in [-0.2, -0.15) is 0 Å². The molecular formula is C18H23NO3. The van der Waals surface area contributed by atoms with Gasteiger partial charge in [0.05, 0.1) is 0 Å². The minimum atomic E-state index is -0.939. The molecule has 4 heteroatoms.